The van der Waals surface area contributed by atoms with E-state index in [0.29, 0.717) is 19.8 Å². The highest BCUT2D eigenvalue weighted by molar-refractivity contribution is 5.89. The van der Waals surface area contributed by atoms with Gasteiger partial charge in [0.15, 0.2) is 0 Å². The smallest absolute Gasteiger partial charge is 0.319 e. The monoisotopic (exact) mass is 350 g/mol. The van der Waals surface area contributed by atoms with Crippen molar-refractivity contribution in [3.05, 3.63) is 89.4 Å². The predicted molar refractivity (Wildman–Crippen MR) is 101 cm³/mol. The van der Waals surface area contributed by atoms with E-state index in [1.54, 1.807) is 6.26 Å². The summed E-state index contributed by atoms with van der Waals surface area (Å²) in [5.74, 6) is 0.787. The van der Waals surface area contributed by atoms with E-state index in [0.717, 1.165) is 22.6 Å². The van der Waals surface area contributed by atoms with Gasteiger partial charge in [0.05, 0.1) is 12.9 Å². The van der Waals surface area contributed by atoms with Crippen LogP contribution >= 0.6 is 0 Å². The van der Waals surface area contributed by atoms with Gasteiger partial charge in [-0.1, -0.05) is 42.0 Å². The molecule has 2 amide bonds. The third kappa shape index (κ3) is 5.50. The first-order valence-electron chi connectivity index (χ1n) is 8.48. The molecule has 0 radical (unpaired) electrons. The Bertz CT molecular complexity index is 827. The lowest BCUT2D eigenvalue weighted by atomic mass is 10.1. The number of rotatable bonds is 7. The van der Waals surface area contributed by atoms with E-state index < -0.39 is 0 Å². The second kappa shape index (κ2) is 8.87. The van der Waals surface area contributed by atoms with E-state index in [9.17, 15) is 4.79 Å². The fourth-order valence-electron chi connectivity index (χ4n) is 2.47. The van der Waals surface area contributed by atoms with Crippen molar-refractivity contribution < 1.29 is 13.9 Å². The van der Waals surface area contributed by atoms with E-state index in [-0.39, 0.29) is 6.03 Å². The van der Waals surface area contributed by atoms with Crippen LogP contribution in [0.15, 0.2) is 71.3 Å². The SMILES string of the molecule is Cc1ccc(CNC(=O)Nc2cccc(COCc3ccco3)c2)cc1. The third-order valence-corrected chi connectivity index (χ3v) is 3.85. The van der Waals surface area contributed by atoms with Gasteiger partial charge in [0.25, 0.3) is 0 Å². The van der Waals surface area contributed by atoms with E-state index in [4.69, 9.17) is 9.15 Å². The minimum Gasteiger partial charge on any atom is -0.467 e. The first-order valence-corrected chi connectivity index (χ1v) is 8.48. The van der Waals surface area contributed by atoms with Crippen LogP contribution in [0.2, 0.25) is 0 Å². The average molecular weight is 350 g/mol. The van der Waals surface area contributed by atoms with Gasteiger partial charge in [0.2, 0.25) is 0 Å². The molecule has 5 nitrogen and oxygen atoms in total. The number of benzene rings is 2. The van der Waals surface area contributed by atoms with Crippen LogP contribution in [0.5, 0.6) is 0 Å². The Kier molecular flexibility index (Phi) is 6.06. The van der Waals surface area contributed by atoms with Crippen molar-refractivity contribution in [3.63, 3.8) is 0 Å². The summed E-state index contributed by atoms with van der Waals surface area (Å²) in [6, 6.07) is 19.1. The Morgan fingerprint density at radius 3 is 2.62 bits per heavy atom. The largest absolute Gasteiger partial charge is 0.467 e. The highest BCUT2D eigenvalue weighted by Crippen LogP contribution is 2.13. The lowest BCUT2D eigenvalue weighted by Crippen LogP contribution is -2.28. The number of aryl methyl sites for hydroxylation is 1. The summed E-state index contributed by atoms with van der Waals surface area (Å²) in [5.41, 5.74) is 3.97. The molecule has 0 bridgehead atoms. The Labute approximate surface area is 153 Å². The van der Waals surface area contributed by atoms with Crippen LogP contribution in [0.3, 0.4) is 0 Å². The van der Waals surface area contributed by atoms with Crippen LogP contribution in [0.4, 0.5) is 10.5 Å². The molecule has 0 saturated heterocycles. The van der Waals surface area contributed by atoms with E-state index in [1.165, 1.54) is 5.56 Å². The van der Waals surface area contributed by atoms with E-state index in [2.05, 4.69) is 10.6 Å². The maximum atomic E-state index is 12.1. The quantitative estimate of drug-likeness (QED) is 0.653. The fourth-order valence-corrected chi connectivity index (χ4v) is 2.47. The van der Waals surface area contributed by atoms with Crippen molar-refractivity contribution in [2.75, 3.05) is 5.32 Å². The topological polar surface area (TPSA) is 63.5 Å². The summed E-state index contributed by atoms with van der Waals surface area (Å²) in [5, 5.41) is 5.70. The van der Waals surface area contributed by atoms with Crippen molar-refractivity contribution in [2.24, 2.45) is 0 Å². The van der Waals surface area contributed by atoms with Crippen molar-refractivity contribution >= 4 is 11.7 Å². The number of hydrogen-bond donors (Lipinski definition) is 2. The van der Waals surface area contributed by atoms with Crippen LogP contribution in [-0.2, 0) is 24.5 Å². The second-order valence-electron chi connectivity index (χ2n) is 6.07. The van der Waals surface area contributed by atoms with Gasteiger partial charge >= 0.3 is 6.03 Å². The molecule has 1 heterocycles. The molecule has 134 valence electrons. The van der Waals surface area contributed by atoms with Crippen LogP contribution in [0.1, 0.15) is 22.5 Å². The number of carbonyl (C=O) groups is 1. The van der Waals surface area contributed by atoms with Crippen molar-refractivity contribution in [1.29, 1.82) is 0 Å². The Morgan fingerprint density at radius 1 is 1.00 bits per heavy atom. The number of furan rings is 1. The Balaban J connectivity index is 1.46. The molecular formula is C21H22N2O3. The number of carbonyl (C=O) groups excluding carboxylic acids is 1. The zero-order chi connectivity index (χ0) is 18.2. The van der Waals surface area contributed by atoms with Gasteiger partial charge in [-0.25, -0.2) is 4.79 Å². The molecule has 3 rings (SSSR count). The fraction of sp³-hybridized carbons (Fsp3) is 0.190. The Hall–Kier alpha value is -3.05. The van der Waals surface area contributed by atoms with Gasteiger partial charge in [-0.2, -0.15) is 0 Å². The van der Waals surface area contributed by atoms with Gasteiger partial charge < -0.3 is 19.8 Å². The van der Waals surface area contributed by atoms with Crippen molar-refractivity contribution in [3.8, 4) is 0 Å². The maximum absolute atomic E-state index is 12.1. The number of anilines is 1. The third-order valence-electron chi connectivity index (χ3n) is 3.85. The molecule has 0 aliphatic rings. The minimum atomic E-state index is -0.237. The first-order chi connectivity index (χ1) is 12.7. The number of amides is 2. The summed E-state index contributed by atoms with van der Waals surface area (Å²) in [6.45, 7) is 3.39. The maximum Gasteiger partial charge on any atom is 0.319 e. The van der Waals surface area contributed by atoms with Gasteiger partial charge in [-0.15, -0.1) is 0 Å². The highest BCUT2D eigenvalue weighted by Gasteiger charge is 2.03. The molecule has 0 atom stereocenters. The molecule has 3 aromatic rings. The molecule has 0 fully saturated rings. The van der Waals surface area contributed by atoms with Gasteiger partial charge in [-0.3, -0.25) is 0 Å². The van der Waals surface area contributed by atoms with Gasteiger partial charge in [0.1, 0.15) is 12.4 Å². The summed E-state index contributed by atoms with van der Waals surface area (Å²) >= 11 is 0. The molecule has 0 unspecified atom stereocenters. The lowest BCUT2D eigenvalue weighted by Gasteiger charge is -2.09. The first kappa shape index (κ1) is 17.8. The van der Waals surface area contributed by atoms with Crippen molar-refractivity contribution in [1.82, 2.24) is 5.32 Å². The molecule has 26 heavy (non-hydrogen) atoms. The van der Waals surface area contributed by atoms with Crippen LogP contribution < -0.4 is 10.6 Å². The zero-order valence-electron chi connectivity index (χ0n) is 14.7. The van der Waals surface area contributed by atoms with Crippen LogP contribution in [0, 0.1) is 6.92 Å². The normalized spacial score (nSPS) is 10.5. The molecule has 0 aliphatic carbocycles. The molecule has 2 aromatic carbocycles. The number of ether oxygens (including phenoxy) is 1. The molecule has 5 heteroatoms. The predicted octanol–water partition coefficient (Wildman–Crippen LogP) is 4.63. The lowest BCUT2D eigenvalue weighted by molar-refractivity contribution is 0.0930. The number of hydrogen-bond acceptors (Lipinski definition) is 3. The standard InChI is InChI=1S/C21H22N2O3/c1-16-7-9-17(10-8-16)13-22-21(24)23-19-5-2-4-18(12-19)14-25-15-20-6-3-11-26-20/h2-12H,13-15H2,1H3,(H2,22,23,24). The molecule has 0 saturated carbocycles. The minimum absolute atomic E-state index is 0.237. The van der Waals surface area contributed by atoms with Crippen LogP contribution in [0.25, 0.3) is 0 Å². The average Bonchev–Trinajstić information content (AvgIpc) is 3.15. The van der Waals surface area contributed by atoms with Crippen LogP contribution in [-0.4, -0.2) is 6.03 Å². The molecular weight excluding hydrogens is 328 g/mol. The summed E-state index contributed by atoms with van der Waals surface area (Å²) < 4.78 is 10.8. The van der Waals surface area contributed by atoms with Crippen molar-refractivity contribution in [2.45, 2.75) is 26.7 Å². The van der Waals surface area contributed by atoms with Gasteiger partial charge in [0, 0.05) is 12.2 Å². The molecule has 2 N–H and O–H groups in total. The zero-order valence-corrected chi connectivity index (χ0v) is 14.7. The number of urea groups is 1. The Morgan fingerprint density at radius 2 is 1.85 bits per heavy atom. The second-order valence-corrected chi connectivity index (χ2v) is 6.07. The summed E-state index contributed by atoms with van der Waals surface area (Å²) in [7, 11) is 0. The van der Waals surface area contributed by atoms with E-state index >= 15 is 0 Å². The van der Waals surface area contributed by atoms with Gasteiger partial charge in [-0.05, 0) is 42.3 Å². The molecule has 0 aliphatic heterocycles. The molecule has 1 aromatic heterocycles. The summed E-state index contributed by atoms with van der Waals surface area (Å²) in [4.78, 5) is 12.1. The van der Waals surface area contributed by atoms with E-state index in [1.807, 2.05) is 67.6 Å². The number of nitrogens with one attached hydrogen (secondary N) is 2. The molecule has 0 spiro atoms. The summed E-state index contributed by atoms with van der Waals surface area (Å²) in [6.07, 6.45) is 1.62. The highest BCUT2D eigenvalue weighted by atomic mass is 16.5.